The molecule has 0 rings (SSSR count). The van der Waals surface area contributed by atoms with Gasteiger partial charge < -0.3 is 9.90 Å². The predicted molar refractivity (Wildman–Crippen MR) is 15.3 cm³/mol. The summed E-state index contributed by atoms with van der Waals surface area (Å²) in [6.07, 6.45) is 0.111. The molecule has 0 heterocycles. The molecule has 0 saturated carbocycles. The minimum Gasteiger partial charge on any atom is -0.550 e. The molecule has 0 spiro atoms. The summed E-state index contributed by atoms with van der Waals surface area (Å²) in [5.41, 5.74) is 0. The van der Waals surface area contributed by atoms with E-state index in [-0.39, 0.29) is 36.0 Å². The molecular weight excluding hydrogens is 93.0 g/mol. The fourth-order valence-electron chi connectivity index (χ4n) is 0. The molecule has 0 fully saturated rings. The van der Waals surface area contributed by atoms with Crippen molar-refractivity contribution in [3.63, 3.8) is 0 Å². The van der Waals surface area contributed by atoms with Gasteiger partial charge in [-0.1, -0.05) is 6.92 Å². The van der Waals surface area contributed by atoms with E-state index in [2.05, 4.69) is 0 Å². The van der Waals surface area contributed by atoms with Crippen LogP contribution in [-0.2, 0) is 4.79 Å². The third-order valence-electron chi connectivity index (χ3n) is 0.289. The zero-order chi connectivity index (χ0) is 4.28. The molecule has 3 heteroatoms. The Bertz CT molecular complexity index is 44.1. The quantitative estimate of drug-likeness (QED) is 0.315. The molecule has 0 aliphatic rings. The number of carbonyl (C=O) groups is 1. The fourth-order valence-corrected chi connectivity index (χ4v) is 0. The third-order valence-corrected chi connectivity index (χ3v) is 0.289. The van der Waals surface area contributed by atoms with Gasteiger partial charge in [-0.15, -0.1) is 0 Å². The predicted octanol–water partition coefficient (Wildman–Crippen LogP) is -3.85. The molecule has 0 aliphatic heterocycles. The van der Waals surface area contributed by atoms with Crippen LogP contribution < -0.4 is 34.7 Å². The second-order valence-corrected chi connectivity index (χ2v) is 0.726. The number of carboxylic acid groups (broad SMARTS) is 1. The van der Waals surface area contributed by atoms with Gasteiger partial charge in [0, 0.05) is 5.97 Å². The maximum Gasteiger partial charge on any atom is 1.00 e. The first kappa shape index (κ1) is 9.69. The van der Waals surface area contributed by atoms with Crippen LogP contribution >= 0.6 is 0 Å². The maximum atomic E-state index is 9.26. The number of carboxylic acids is 1. The Kier molecular flexibility index (Phi) is 8.83. The van der Waals surface area contributed by atoms with Crippen LogP contribution in [0.5, 0.6) is 0 Å². The van der Waals surface area contributed by atoms with Gasteiger partial charge >= 0.3 is 29.6 Å². The van der Waals surface area contributed by atoms with Gasteiger partial charge in [-0.3, -0.25) is 0 Å². The normalized spacial score (nSPS) is 6.17. The standard InChI is InChI=1S/C3H6O2.Na/c1-2-3(4)5;/h2H2,1H3,(H,4,5);/q;+1/p-1/i3+2;. The van der Waals surface area contributed by atoms with E-state index < -0.39 is 5.97 Å². The Morgan fingerprint density at radius 3 is 2.00 bits per heavy atom. The summed E-state index contributed by atoms with van der Waals surface area (Å²) in [5.74, 6) is -0.995. The van der Waals surface area contributed by atoms with E-state index in [1.807, 2.05) is 0 Å². The first-order chi connectivity index (χ1) is 2.27. The molecule has 30 valence electrons. The second kappa shape index (κ2) is 5.47. The summed E-state index contributed by atoms with van der Waals surface area (Å²) in [4.78, 5) is 9.26. The minimum absolute atomic E-state index is 0. The van der Waals surface area contributed by atoms with Gasteiger partial charge in [0.05, 0.1) is 0 Å². The van der Waals surface area contributed by atoms with Crippen LogP contribution in [0.2, 0.25) is 0 Å². The molecule has 6 heavy (non-hydrogen) atoms. The smallest absolute Gasteiger partial charge is 0.550 e. The number of rotatable bonds is 1. The second-order valence-electron chi connectivity index (χ2n) is 0.726. The average Bonchev–Trinajstić information content (AvgIpc) is 1.38. The van der Waals surface area contributed by atoms with Crippen LogP contribution in [0, 0.1) is 0 Å². The van der Waals surface area contributed by atoms with E-state index in [4.69, 9.17) is 0 Å². The molecule has 0 radical (unpaired) electrons. The number of carbonyl (C=O) groups excluding carboxylic acids is 1. The van der Waals surface area contributed by atoms with Crippen LogP contribution in [0.25, 0.3) is 0 Å². The molecule has 0 saturated heterocycles. The van der Waals surface area contributed by atoms with Crippen molar-refractivity contribution in [3.8, 4) is 0 Å². The van der Waals surface area contributed by atoms with Gasteiger partial charge in [-0.05, 0) is 6.42 Å². The molecule has 0 atom stereocenters. The monoisotopic (exact) mass is 98.0 g/mol. The van der Waals surface area contributed by atoms with E-state index in [0.29, 0.717) is 0 Å². The number of aliphatic carboxylic acids is 1. The van der Waals surface area contributed by atoms with Crippen molar-refractivity contribution < 1.29 is 39.5 Å². The zero-order valence-electron chi connectivity index (χ0n) is 4.02. The van der Waals surface area contributed by atoms with Crippen LogP contribution in [0.3, 0.4) is 0 Å². The fraction of sp³-hybridized carbons (Fsp3) is 0.667. The molecule has 0 bridgehead atoms. The van der Waals surface area contributed by atoms with Crippen molar-refractivity contribution in [1.82, 2.24) is 0 Å². The third kappa shape index (κ3) is 8.82. The SMILES string of the molecule is CC[14C](=O)[O-].[Na+]. The Morgan fingerprint density at radius 2 is 2.00 bits per heavy atom. The molecule has 0 unspecified atom stereocenters. The number of hydrogen-bond acceptors (Lipinski definition) is 2. The van der Waals surface area contributed by atoms with E-state index in [0.717, 1.165) is 0 Å². The average molecular weight is 98.1 g/mol. The zero-order valence-corrected chi connectivity index (χ0v) is 6.02. The topological polar surface area (TPSA) is 40.1 Å². The summed E-state index contributed by atoms with van der Waals surface area (Å²) >= 11 is 0. The van der Waals surface area contributed by atoms with Crippen LogP contribution in [0.4, 0.5) is 0 Å². The largest absolute Gasteiger partial charge is 1.00 e. The summed E-state index contributed by atoms with van der Waals surface area (Å²) in [5, 5.41) is 9.26. The van der Waals surface area contributed by atoms with E-state index >= 15 is 0 Å². The first-order valence-corrected chi connectivity index (χ1v) is 1.47. The Hall–Kier alpha value is 0.470. The summed E-state index contributed by atoms with van der Waals surface area (Å²) in [6, 6.07) is 0. The first-order valence-electron chi connectivity index (χ1n) is 1.47. The minimum atomic E-state index is -0.995. The van der Waals surface area contributed by atoms with E-state index in [9.17, 15) is 9.90 Å². The van der Waals surface area contributed by atoms with Gasteiger partial charge in [-0.2, -0.15) is 0 Å². The summed E-state index contributed by atoms with van der Waals surface area (Å²) in [6.45, 7) is 1.54. The number of hydrogen-bond donors (Lipinski definition) is 0. The van der Waals surface area contributed by atoms with Crippen LogP contribution in [0.1, 0.15) is 13.3 Å². The molecule has 0 aromatic rings. The molecule has 2 nitrogen and oxygen atoms in total. The molecule has 0 aliphatic carbocycles. The van der Waals surface area contributed by atoms with Crippen molar-refractivity contribution in [1.29, 1.82) is 0 Å². The van der Waals surface area contributed by atoms with Gasteiger partial charge in [0.15, 0.2) is 0 Å². The van der Waals surface area contributed by atoms with Crippen LogP contribution in [-0.4, -0.2) is 5.97 Å². The van der Waals surface area contributed by atoms with E-state index in [1.165, 1.54) is 6.92 Å². The maximum absolute atomic E-state index is 9.26. The van der Waals surface area contributed by atoms with Crippen molar-refractivity contribution in [3.05, 3.63) is 0 Å². The Labute approximate surface area is 58.8 Å². The Balaban J connectivity index is 0. The van der Waals surface area contributed by atoms with Crippen molar-refractivity contribution in [2.24, 2.45) is 0 Å². The molecular formula is C3H5NaO2. The van der Waals surface area contributed by atoms with Crippen molar-refractivity contribution >= 4 is 5.97 Å². The van der Waals surface area contributed by atoms with Gasteiger partial charge in [-0.25, -0.2) is 0 Å². The molecule has 0 N–H and O–H groups in total. The molecule has 0 aromatic carbocycles. The molecule has 0 amide bonds. The van der Waals surface area contributed by atoms with E-state index in [1.54, 1.807) is 0 Å². The summed E-state index contributed by atoms with van der Waals surface area (Å²) < 4.78 is 0. The Morgan fingerprint density at radius 1 is 1.83 bits per heavy atom. The van der Waals surface area contributed by atoms with Gasteiger partial charge in [0.25, 0.3) is 0 Å². The van der Waals surface area contributed by atoms with Gasteiger partial charge in [0.1, 0.15) is 0 Å². The van der Waals surface area contributed by atoms with Crippen molar-refractivity contribution in [2.75, 3.05) is 0 Å². The molecule has 0 aromatic heterocycles. The van der Waals surface area contributed by atoms with Crippen LogP contribution in [0.15, 0.2) is 0 Å². The van der Waals surface area contributed by atoms with Crippen molar-refractivity contribution in [2.45, 2.75) is 13.3 Å². The summed E-state index contributed by atoms with van der Waals surface area (Å²) in [7, 11) is 0. The van der Waals surface area contributed by atoms with Gasteiger partial charge in [0.2, 0.25) is 0 Å².